The van der Waals surface area contributed by atoms with E-state index >= 15 is 0 Å². The van der Waals surface area contributed by atoms with Gasteiger partial charge >= 0.3 is 0 Å². The predicted molar refractivity (Wildman–Crippen MR) is 67.2 cm³/mol. The summed E-state index contributed by atoms with van der Waals surface area (Å²) in [5.41, 5.74) is 0. The van der Waals surface area contributed by atoms with Crippen molar-refractivity contribution < 1.29 is 0 Å². The highest BCUT2D eigenvalue weighted by Crippen LogP contribution is 2.15. The topological polar surface area (TPSA) is 15.3 Å². The molecule has 1 fully saturated rings. The molecule has 2 unspecified atom stereocenters. The van der Waals surface area contributed by atoms with E-state index in [9.17, 15) is 0 Å². The minimum absolute atomic E-state index is 0.627. The van der Waals surface area contributed by atoms with Crippen LogP contribution in [0.4, 0.5) is 0 Å². The molecule has 2 atom stereocenters. The van der Waals surface area contributed by atoms with E-state index in [1.54, 1.807) is 0 Å². The van der Waals surface area contributed by atoms with Crippen LogP contribution in [0.1, 0.15) is 39.5 Å². The Morgan fingerprint density at radius 1 is 1.60 bits per heavy atom. The van der Waals surface area contributed by atoms with E-state index in [-0.39, 0.29) is 0 Å². The lowest BCUT2D eigenvalue weighted by Gasteiger charge is -2.24. The van der Waals surface area contributed by atoms with Crippen LogP contribution in [0.3, 0.4) is 0 Å². The molecule has 2 heteroatoms. The molecule has 15 heavy (non-hydrogen) atoms. The summed E-state index contributed by atoms with van der Waals surface area (Å²) in [5, 5.41) is 3.63. The average Bonchev–Trinajstić information content (AvgIpc) is 2.70. The van der Waals surface area contributed by atoms with Gasteiger partial charge in [0, 0.05) is 18.6 Å². The van der Waals surface area contributed by atoms with E-state index in [1.807, 2.05) is 6.08 Å². The first-order valence-electron chi connectivity index (χ1n) is 6.36. The molecule has 0 aromatic rings. The molecular weight excluding hydrogens is 184 g/mol. The highest BCUT2D eigenvalue weighted by Gasteiger charge is 2.22. The summed E-state index contributed by atoms with van der Waals surface area (Å²) < 4.78 is 0. The van der Waals surface area contributed by atoms with Crippen molar-refractivity contribution in [1.82, 2.24) is 10.2 Å². The Morgan fingerprint density at radius 2 is 2.40 bits per heavy atom. The summed E-state index contributed by atoms with van der Waals surface area (Å²) in [5.74, 6) is 0. The molecule has 0 bridgehead atoms. The third-order valence-electron chi connectivity index (χ3n) is 3.41. The molecule has 1 aliphatic rings. The number of allylic oxidation sites excluding steroid dienone is 1. The van der Waals surface area contributed by atoms with Crippen molar-refractivity contribution >= 4 is 0 Å². The summed E-state index contributed by atoms with van der Waals surface area (Å²) >= 11 is 0. The van der Waals surface area contributed by atoms with Crippen LogP contribution in [0.5, 0.6) is 0 Å². The Kier molecular flexibility index (Phi) is 5.96. The Bertz CT molecular complexity index is 179. The van der Waals surface area contributed by atoms with Gasteiger partial charge < -0.3 is 5.32 Å². The van der Waals surface area contributed by atoms with Gasteiger partial charge in [0.1, 0.15) is 0 Å². The fourth-order valence-corrected chi connectivity index (χ4v) is 2.35. The van der Waals surface area contributed by atoms with Crippen LogP contribution >= 0.6 is 0 Å². The van der Waals surface area contributed by atoms with Crippen LogP contribution in [-0.4, -0.2) is 36.6 Å². The van der Waals surface area contributed by atoms with Crippen LogP contribution < -0.4 is 5.32 Å². The molecule has 0 saturated carbocycles. The van der Waals surface area contributed by atoms with Crippen LogP contribution in [0.15, 0.2) is 12.7 Å². The van der Waals surface area contributed by atoms with Gasteiger partial charge in [0.05, 0.1) is 0 Å². The first-order valence-corrected chi connectivity index (χ1v) is 6.36. The van der Waals surface area contributed by atoms with Gasteiger partial charge in [0.25, 0.3) is 0 Å². The molecule has 1 N–H and O–H groups in total. The van der Waals surface area contributed by atoms with E-state index in [0.29, 0.717) is 6.04 Å². The second-order valence-electron chi connectivity index (χ2n) is 4.60. The SMILES string of the molecule is C=CCCC(C)NCC1CCCN1CC. The Hall–Kier alpha value is -0.340. The maximum atomic E-state index is 3.76. The highest BCUT2D eigenvalue weighted by molar-refractivity contribution is 4.81. The zero-order valence-electron chi connectivity index (χ0n) is 10.3. The lowest BCUT2D eigenvalue weighted by Crippen LogP contribution is -2.40. The Balaban J connectivity index is 2.15. The molecule has 1 heterocycles. The quantitative estimate of drug-likeness (QED) is 0.649. The van der Waals surface area contributed by atoms with Crippen molar-refractivity contribution in [3.63, 3.8) is 0 Å². The zero-order valence-corrected chi connectivity index (χ0v) is 10.3. The van der Waals surface area contributed by atoms with Gasteiger partial charge in [-0.1, -0.05) is 13.0 Å². The van der Waals surface area contributed by atoms with Gasteiger partial charge in [0.2, 0.25) is 0 Å². The van der Waals surface area contributed by atoms with Gasteiger partial charge in [-0.15, -0.1) is 6.58 Å². The summed E-state index contributed by atoms with van der Waals surface area (Å²) in [6.07, 6.45) is 7.08. The largest absolute Gasteiger partial charge is 0.313 e. The number of hydrogen-bond acceptors (Lipinski definition) is 2. The third-order valence-corrected chi connectivity index (χ3v) is 3.41. The van der Waals surface area contributed by atoms with Crippen molar-refractivity contribution in [3.05, 3.63) is 12.7 Å². The first kappa shape index (κ1) is 12.7. The summed E-state index contributed by atoms with van der Waals surface area (Å²) in [6.45, 7) is 12.0. The van der Waals surface area contributed by atoms with Gasteiger partial charge in [-0.3, -0.25) is 4.90 Å². The van der Waals surface area contributed by atoms with Crippen molar-refractivity contribution in [2.24, 2.45) is 0 Å². The lowest BCUT2D eigenvalue weighted by molar-refractivity contribution is 0.254. The van der Waals surface area contributed by atoms with E-state index in [4.69, 9.17) is 0 Å². The minimum atomic E-state index is 0.627. The smallest absolute Gasteiger partial charge is 0.0221 e. The number of rotatable bonds is 7. The van der Waals surface area contributed by atoms with Gasteiger partial charge in [-0.05, 0) is 45.7 Å². The molecule has 0 amide bonds. The lowest BCUT2D eigenvalue weighted by atomic mass is 10.1. The van der Waals surface area contributed by atoms with Gasteiger partial charge in [-0.2, -0.15) is 0 Å². The molecule has 0 radical (unpaired) electrons. The van der Waals surface area contributed by atoms with Crippen LogP contribution in [0.2, 0.25) is 0 Å². The van der Waals surface area contributed by atoms with E-state index in [2.05, 4.69) is 30.6 Å². The Morgan fingerprint density at radius 3 is 3.07 bits per heavy atom. The van der Waals surface area contributed by atoms with Crippen molar-refractivity contribution in [2.45, 2.75) is 51.6 Å². The van der Waals surface area contributed by atoms with Gasteiger partial charge in [0.15, 0.2) is 0 Å². The summed E-state index contributed by atoms with van der Waals surface area (Å²) in [7, 11) is 0. The first-order chi connectivity index (χ1) is 7.27. The van der Waals surface area contributed by atoms with Crippen LogP contribution in [0.25, 0.3) is 0 Å². The highest BCUT2D eigenvalue weighted by atomic mass is 15.2. The average molecular weight is 210 g/mol. The summed E-state index contributed by atoms with van der Waals surface area (Å²) in [6, 6.07) is 1.41. The zero-order chi connectivity index (χ0) is 11.1. The number of likely N-dealkylation sites (N-methyl/N-ethyl adjacent to an activating group) is 1. The standard InChI is InChI=1S/C13H26N2/c1-4-6-8-12(3)14-11-13-9-7-10-15(13)5-2/h4,12-14H,1,5-11H2,2-3H3. The number of nitrogens with one attached hydrogen (secondary N) is 1. The third kappa shape index (κ3) is 4.35. The van der Waals surface area contributed by atoms with Crippen molar-refractivity contribution in [3.8, 4) is 0 Å². The van der Waals surface area contributed by atoms with Gasteiger partial charge in [-0.25, -0.2) is 0 Å². The fraction of sp³-hybridized carbons (Fsp3) is 0.846. The molecule has 1 aliphatic heterocycles. The molecule has 1 rings (SSSR count). The number of hydrogen-bond donors (Lipinski definition) is 1. The van der Waals surface area contributed by atoms with Crippen molar-refractivity contribution in [1.29, 1.82) is 0 Å². The molecule has 88 valence electrons. The Labute approximate surface area is 94.7 Å². The maximum absolute atomic E-state index is 3.76. The second kappa shape index (κ2) is 7.02. The molecule has 0 spiro atoms. The predicted octanol–water partition coefficient (Wildman–Crippen LogP) is 2.42. The molecule has 2 nitrogen and oxygen atoms in total. The summed E-state index contributed by atoms with van der Waals surface area (Å²) in [4.78, 5) is 2.59. The van der Waals surface area contributed by atoms with E-state index in [1.165, 1.54) is 32.4 Å². The van der Waals surface area contributed by atoms with Crippen LogP contribution in [0, 0.1) is 0 Å². The maximum Gasteiger partial charge on any atom is 0.0221 e. The fourth-order valence-electron chi connectivity index (χ4n) is 2.35. The number of nitrogens with zero attached hydrogens (tertiary/aromatic N) is 1. The van der Waals surface area contributed by atoms with Crippen LogP contribution in [-0.2, 0) is 0 Å². The van der Waals surface area contributed by atoms with E-state index < -0.39 is 0 Å². The molecule has 0 aromatic carbocycles. The molecule has 1 saturated heterocycles. The minimum Gasteiger partial charge on any atom is -0.313 e. The number of likely N-dealkylation sites (tertiary alicyclic amines) is 1. The molecule has 0 aliphatic carbocycles. The van der Waals surface area contributed by atoms with E-state index in [0.717, 1.165) is 19.0 Å². The monoisotopic (exact) mass is 210 g/mol. The molecular formula is C13H26N2. The van der Waals surface area contributed by atoms with Crippen molar-refractivity contribution in [2.75, 3.05) is 19.6 Å². The second-order valence-corrected chi connectivity index (χ2v) is 4.60. The normalized spacial score (nSPS) is 24.3. The molecule has 0 aromatic heterocycles.